The largest absolute Gasteiger partial charge is 0.494 e. The van der Waals surface area contributed by atoms with Gasteiger partial charge in [0.25, 0.3) is 0 Å². The average molecular weight is 327 g/mol. The third-order valence-electron chi connectivity index (χ3n) is 3.63. The van der Waals surface area contributed by atoms with Gasteiger partial charge in [0.05, 0.1) is 18.9 Å². The van der Waals surface area contributed by atoms with E-state index in [0.29, 0.717) is 30.2 Å². The van der Waals surface area contributed by atoms with Crippen LogP contribution in [0.2, 0.25) is 0 Å². The van der Waals surface area contributed by atoms with E-state index in [0.717, 1.165) is 18.6 Å². The zero-order chi connectivity index (χ0) is 17.4. The van der Waals surface area contributed by atoms with E-state index >= 15 is 0 Å². The summed E-state index contributed by atoms with van der Waals surface area (Å²) in [5.41, 5.74) is 7.11. The van der Waals surface area contributed by atoms with Crippen molar-refractivity contribution in [3.8, 4) is 11.5 Å². The van der Waals surface area contributed by atoms with E-state index < -0.39 is 0 Å². The molecule has 0 fully saturated rings. The molecule has 0 radical (unpaired) electrons. The van der Waals surface area contributed by atoms with Gasteiger partial charge in [0.2, 0.25) is 0 Å². The molecule has 2 aromatic carbocycles. The van der Waals surface area contributed by atoms with Gasteiger partial charge in [-0.3, -0.25) is 4.79 Å². The van der Waals surface area contributed by atoms with Crippen LogP contribution < -0.4 is 15.2 Å². The molecule has 0 aliphatic rings. The summed E-state index contributed by atoms with van der Waals surface area (Å²) < 4.78 is 11.3. The summed E-state index contributed by atoms with van der Waals surface area (Å²) in [5, 5.41) is 0. The molecule has 0 aliphatic carbocycles. The second-order valence-electron chi connectivity index (χ2n) is 5.99. The Morgan fingerprint density at radius 2 is 1.67 bits per heavy atom. The number of nitrogen functional groups attached to an aromatic ring is 1. The second kappa shape index (κ2) is 8.96. The number of carbonyl (C=O) groups excluding carboxylic acids is 1. The van der Waals surface area contributed by atoms with E-state index in [1.165, 1.54) is 0 Å². The number of carbonyl (C=O) groups is 1. The average Bonchev–Trinajstić information content (AvgIpc) is 2.59. The Hall–Kier alpha value is -2.49. The first-order valence-electron chi connectivity index (χ1n) is 8.32. The molecule has 0 amide bonds. The highest BCUT2D eigenvalue weighted by molar-refractivity contribution is 5.98. The van der Waals surface area contributed by atoms with Crippen molar-refractivity contribution in [2.75, 3.05) is 18.9 Å². The number of nitrogens with two attached hydrogens (primary N) is 1. The van der Waals surface area contributed by atoms with Crippen LogP contribution in [0.1, 0.15) is 37.0 Å². The van der Waals surface area contributed by atoms with Crippen LogP contribution in [0.25, 0.3) is 0 Å². The smallest absolute Gasteiger partial charge is 0.165 e. The summed E-state index contributed by atoms with van der Waals surface area (Å²) in [5.74, 6) is 1.56. The number of para-hydroxylation sites is 1. The van der Waals surface area contributed by atoms with Crippen LogP contribution >= 0.6 is 0 Å². The van der Waals surface area contributed by atoms with Crippen LogP contribution in [0, 0.1) is 5.92 Å². The van der Waals surface area contributed by atoms with E-state index in [-0.39, 0.29) is 11.7 Å². The van der Waals surface area contributed by atoms with Crippen LogP contribution in [0.3, 0.4) is 0 Å². The first-order chi connectivity index (χ1) is 11.6. The first-order valence-corrected chi connectivity index (χ1v) is 8.32. The topological polar surface area (TPSA) is 61.5 Å². The molecule has 0 saturated carbocycles. The Morgan fingerprint density at radius 1 is 1.00 bits per heavy atom. The maximum atomic E-state index is 11.9. The van der Waals surface area contributed by atoms with Crippen molar-refractivity contribution in [3.05, 3.63) is 54.1 Å². The maximum absolute atomic E-state index is 11.9. The van der Waals surface area contributed by atoms with Gasteiger partial charge in [-0.2, -0.15) is 0 Å². The molecular weight excluding hydrogens is 302 g/mol. The zero-order valence-corrected chi connectivity index (χ0v) is 14.3. The molecule has 0 heterocycles. The van der Waals surface area contributed by atoms with Gasteiger partial charge in [-0.25, -0.2) is 0 Å². The summed E-state index contributed by atoms with van der Waals surface area (Å²) in [6.45, 7) is 4.98. The number of Topliss-reactive ketones (excluding diaryl/α,β-unsaturated/α-hetero) is 1. The van der Waals surface area contributed by atoms with Crippen LogP contribution in [-0.4, -0.2) is 19.0 Å². The van der Waals surface area contributed by atoms with Gasteiger partial charge in [-0.1, -0.05) is 32.0 Å². The highest BCUT2D eigenvalue weighted by Gasteiger charge is 2.12. The van der Waals surface area contributed by atoms with Crippen molar-refractivity contribution in [2.45, 2.75) is 26.7 Å². The van der Waals surface area contributed by atoms with Crippen molar-refractivity contribution in [3.63, 3.8) is 0 Å². The van der Waals surface area contributed by atoms with Gasteiger partial charge in [-0.05, 0) is 43.2 Å². The molecule has 0 spiro atoms. The van der Waals surface area contributed by atoms with Crippen molar-refractivity contribution in [1.29, 1.82) is 0 Å². The minimum Gasteiger partial charge on any atom is -0.494 e. The molecule has 0 atom stereocenters. The number of anilines is 1. The molecule has 24 heavy (non-hydrogen) atoms. The second-order valence-corrected chi connectivity index (χ2v) is 5.99. The number of benzene rings is 2. The summed E-state index contributed by atoms with van der Waals surface area (Å²) in [6, 6.07) is 15.0. The molecule has 2 rings (SSSR count). The minimum absolute atomic E-state index is 0.0409. The summed E-state index contributed by atoms with van der Waals surface area (Å²) in [6.07, 6.45) is 1.78. The van der Waals surface area contributed by atoms with Crippen LogP contribution in [0.4, 0.5) is 5.69 Å². The first kappa shape index (κ1) is 17.9. The molecule has 0 bridgehead atoms. The summed E-state index contributed by atoms with van der Waals surface area (Å²) in [7, 11) is 0. The molecular formula is C20H25NO3. The fraction of sp³-hybridized carbons (Fsp3) is 0.350. The predicted octanol–water partition coefficient (Wildman–Crippen LogP) is 4.35. The standard InChI is InChI=1S/C20H25NO3/c1-15(2)20(22)16-10-11-19(18(21)14-16)24-13-7-6-12-23-17-8-4-3-5-9-17/h3-5,8-11,14-15H,6-7,12-13,21H2,1-2H3. The third-order valence-corrected chi connectivity index (χ3v) is 3.63. The van der Waals surface area contributed by atoms with Gasteiger partial charge in [0.1, 0.15) is 11.5 Å². The van der Waals surface area contributed by atoms with Crippen LogP contribution in [0.15, 0.2) is 48.5 Å². The molecule has 0 unspecified atom stereocenters. The molecule has 4 nitrogen and oxygen atoms in total. The van der Waals surface area contributed by atoms with E-state index in [1.54, 1.807) is 18.2 Å². The number of hydrogen-bond donors (Lipinski definition) is 1. The fourth-order valence-corrected chi connectivity index (χ4v) is 2.26. The Kier molecular flexibility index (Phi) is 6.67. The summed E-state index contributed by atoms with van der Waals surface area (Å²) >= 11 is 0. The van der Waals surface area contributed by atoms with Gasteiger partial charge in [0, 0.05) is 11.5 Å². The number of ether oxygens (including phenoxy) is 2. The molecule has 2 N–H and O–H groups in total. The summed E-state index contributed by atoms with van der Waals surface area (Å²) in [4.78, 5) is 11.9. The third kappa shape index (κ3) is 5.30. The number of hydrogen-bond acceptors (Lipinski definition) is 4. The van der Waals surface area contributed by atoms with Crippen molar-refractivity contribution in [2.24, 2.45) is 5.92 Å². The lowest BCUT2D eigenvalue weighted by molar-refractivity contribution is 0.0939. The number of rotatable bonds is 9. The molecule has 128 valence electrons. The quantitative estimate of drug-likeness (QED) is 0.423. The van der Waals surface area contributed by atoms with Gasteiger partial charge in [0.15, 0.2) is 5.78 Å². The Labute approximate surface area is 143 Å². The molecule has 4 heteroatoms. The Bertz CT molecular complexity index is 653. The van der Waals surface area contributed by atoms with Crippen LogP contribution in [0.5, 0.6) is 11.5 Å². The molecule has 0 aromatic heterocycles. The number of ketones is 1. The highest BCUT2D eigenvalue weighted by Crippen LogP contribution is 2.24. The maximum Gasteiger partial charge on any atom is 0.165 e. The zero-order valence-electron chi connectivity index (χ0n) is 14.3. The van der Waals surface area contributed by atoms with E-state index in [2.05, 4.69) is 0 Å². The fourth-order valence-electron chi connectivity index (χ4n) is 2.26. The molecule has 0 saturated heterocycles. The van der Waals surface area contributed by atoms with Crippen LogP contribution in [-0.2, 0) is 0 Å². The van der Waals surface area contributed by atoms with Gasteiger partial charge >= 0.3 is 0 Å². The molecule has 0 aliphatic heterocycles. The monoisotopic (exact) mass is 327 g/mol. The Balaban J connectivity index is 1.71. The van der Waals surface area contributed by atoms with Gasteiger partial charge < -0.3 is 15.2 Å². The normalized spacial score (nSPS) is 10.6. The van der Waals surface area contributed by atoms with E-state index in [4.69, 9.17) is 15.2 Å². The van der Waals surface area contributed by atoms with Crippen molar-refractivity contribution < 1.29 is 14.3 Å². The van der Waals surface area contributed by atoms with E-state index in [9.17, 15) is 4.79 Å². The lowest BCUT2D eigenvalue weighted by Gasteiger charge is -2.11. The number of unbranched alkanes of at least 4 members (excludes halogenated alkanes) is 1. The predicted molar refractivity (Wildman–Crippen MR) is 96.7 cm³/mol. The van der Waals surface area contributed by atoms with Crippen molar-refractivity contribution >= 4 is 11.5 Å². The lowest BCUT2D eigenvalue weighted by atomic mass is 10.0. The highest BCUT2D eigenvalue weighted by atomic mass is 16.5. The SMILES string of the molecule is CC(C)C(=O)c1ccc(OCCCCOc2ccccc2)c(N)c1. The van der Waals surface area contributed by atoms with Gasteiger partial charge in [-0.15, -0.1) is 0 Å². The van der Waals surface area contributed by atoms with Crippen molar-refractivity contribution in [1.82, 2.24) is 0 Å². The minimum atomic E-state index is -0.0409. The molecule has 2 aromatic rings. The Morgan fingerprint density at radius 3 is 2.29 bits per heavy atom. The lowest BCUT2D eigenvalue weighted by Crippen LogP contribution is -2.09. The van der Waals surface area contributed by atoms with E-state index in [1.807, 2.05) is 44.2 Å².